The number of ether oxygens (including phenoxy) is 2. The van der Waals surface area contributed by atoms with E-state index in [-0.39, 0.29) is 17.6 Å². The zero-order valence-corrected chi connectivity index (χ0v) is 18.6. The summed E-state index contributed by atoms with van der Waals surface area (Å²) in [6, 6.07) is 12.6. The fraction of sp³-hybridized carbons (Fsp3) is 0.261. The van der Waals surface area contributed by atoms with Crippen LogP contribution in [0.15, 0.2) is 47.4 Å². The van der Waals surface area contributed by atoms with Gasteiger partial charge >= 0.3 is 0 Å². The van der Waals surface area contributed by atoms with Crippen LogP contribution < -0.4 is 14.8 Å². The van der Waals surface area contributed by atoms with Crippen molar-refractivity contribution in [1.29, 1.82) is 0 Å². The zero-order chi connectivity index (χ0) is 22.5. The summed E-state index contributed by atoms with van der Waals surface area (Å²) in [7, 11) is 1.53. The van der Waals surface area contributed by atoms with Crippen LogP contribution >= 0.6 is 11.8 Å². The van der Waals surface area contributed by atoms with Crippen molar-refractivity contribution in [3.63, 3.8) is 0 Å². The molecule has 0 saturated carbocycles. The molecule has 1 saturated heterocycles. The summed E-state index contributed by atoms with van der Waals surface area (Å²) in [6.45, 7) is 5.36. The smallest absolute Gasteiger partial charge is 0.294 e. The lowest BCUT2D eigenvalue weighted by molar-refractivity contribution is -0.127. The fourth-order valence-electron chi connectivity index (χ4n) is 2.93. The zero-order valence-electron chi connectivity index (χ0n) is 17.8. The molecule has 0 atom stereocenters. The highest BCUT2D eigenvalue weighted by Gasteiger charge is 2.36. The molecule has 2 aromatic carbocycles. The molecular weight excluding hydrogens is 416 g/mol. The van der Waals surface area contributed by atoms with Crippen LogP contribution in [0, 0.1) is 6.92 Å². The number of hydrogen-bond acceptors (Lipinski definition) is 6. The highest BCUT2D eigenvalue weighted by atomic mass is 32.2. The minimum atomic E-state index is -0.521. The molecule has 2 aromatic rings. The molecule has 0 unspecified atom stereocenters. The number of carbonyl (C=O) groups is 3. The first-order valence-electron chi connectivity index (χ1n) is 9.74. The van der Waals surface area contributed by atoms with Crippen LogP contribution in [0.3, 0.4) is 0 Å². The van der Waals surface area contributed by atoms with Gasteiger partial charge in [-0.15, -0.1) is 0 Å². The van der Waals surface area contributed by atoms with Gasteiger partial charge in [-0.3, -0.25) is 19.3 Å². The summed E-state index contributed by atoms with van der Waals surface area (Å²) in [5, 5.41) is 2.20. The number of nitrogens with one attached hydrogen (secondary N) is 1. The van der Waals surface area contributed by atoms with Crippen molar-refractivity contribution in [1.82, 2.24) is 4.90 Å². The van der Waals surface area contributed by atoms with Crippen molar-refractivity contribution in [2.75, 3.05) is 19.0 Å². The first kappa shape index (κ1) is 22.4. The van der Waals surface area contributed by atoms with Crippen molar-refractivity contribution < 1.29 is 23.9 Å². The van der Waals surface area contributed by atoms with Crippen LogP contribution in [0.25, 0.3) is 6.08 Å². The van der Waals surface area contributed by atoms with Crippen LogP contribution in [-0.4, -0.2) is 41.7 Å². The monoisotopic (exact) mass is 440 g/mol. The van der Waals surface area contributed by atoms with Gasteiger partial charge in [-0.1, -0.05) is 29.8 Å². The summed E-state index contributed by atoms with van der Waals surface area (Å²) in [5.74, 6) is 0.0491. The van der Waals surface area contributed by atoms with Gasteiger partial charge in [0.1, 0.15) is 6.54 Å². The second-order valence-electron chi connectivity index (χ2n) is 7.23. The van der Waals surface area contributed by atoms with Gasteiger partial charge < -0.3 is 14.8 Å². The summed E-state index contributed by atoms with van der Waals surface area (Å²) in [5.41, 5.74) is 2.28. The molecule has 1 aliphatic heterocycles. The molecule has 1 aliphatic rings. The third kappa shape index (κ3) is 5.46. The number of para-hydroxylation sites is 1. The van der Waals surface area contributed by atoms with E-state index in [4.69, 9.17) is 9.47 Å². The number of amides is 3. The van der Waals surface area contributed by atoms with Gasteiger partial charge in [-0.05, 0) is 56.8 Å². The number of aryl methyl sites for hydroxylation is 1. The second-order valence-corrected chi connectivity index (χ2v) is 8.22. The number of benzene rings is 2. The molecule has 31 heavy (non-hydrogen) atoms. The Kier molecular flexibility index (Phi) is 7.02. The third-order valence-electron chi connectivity index (χ3n) is 4.38. The molecule has 3 rings (SSSR count). The van der Waals surface area contributed by atoms with Crippen molar-refractivity contribution >= 4 is 40.6 Å². The summed E-state index contributed by atoms with van der Waals surface area (Å²) >= 11 is 0.790. The number of carbonyl (C=O) groups excluding carboxylic acids is 3. The largest absolute Gasteiger partial charge is 0.493 e. The molecule has 1 heterocycles. The topological polar surface area (TPSA) is 84.9 Å². The minimum absolute atomic E-state index is 0.107. The Morgan fingerprint density at radius 1 is 1.16 bits per heavy atom. The fourth-order valence-corrected chi connectivity index (χ4v) is 3.76. The van der Waals surface area contributed by atoms with Crippen molar-refractivity contribution in [3.8, 4) is 11.5 Å². The predicted molar refractivity (Wildman–Crippen MR) is 121 cm³/mol. The Morgan fingerprint density at radius 2 is 1.87 bits per heavy atom. The second kappa shape index (κ2) is 9.70. The molecule has 0 aromatic heterocycles. The maximum atomic E-state index is 12.8. The molecule has 7 nitrogen and oxygen atoms in total. The molecule has 0 radical (unpaired) electrons. The first-order chi connectivity index (χ1) is 14.8. The van der Waals surface area contributed by atoms with E-state index in [1.165, 1.54) is 7.11 Å². The quantitative estimate of drug-likeness (QED) is 0.640. The molecular formula is C23H24N2O5S. The van der Waals surface area contributed by atoms with E-state index in [9.17, 15) is 14.4 Å². The van der Waals surface area contributed by atoms with Gasteiger partial charge in [-0.2, -0.15) is 0 Å². The maximum absolute atomic E-state index is 12.8. The third-order valence-corrected chi connectivity index (χ3v) is 5.29. The Bertz CT molecular complexity index is 1030. The molecule has 1 fully saturated rings. The lowest BCUT2D eigenvalue weighted by Gasteiger charge is -2.16. The SMILES string of the molecule is COc1cccc(/C=C2\SC(=O)N(CC(=O)Nc3ccc(C)cc3)C2=O)c1OC(C)C. The van der Waals surface area contributed by atoms with Gasteiger partial charge in [0.25, 0.3) is 11.1 Å². The van der Waals surface area contributed by atoms with E-state index in [2.05, 4.69) is 5.32 Å². The number of rotatable bonds is 7. The number of hydrogen-bond donors (Lipinski definition) is 1. The van der Waals surface area contributed by atoms with E-state index in [1.807, 2.05) is 32.9 Å². The van der Waals surface area contributed by atoms with E-state index in [0.717, 1.165) is 22.2 Å². The standard InChI is InChI=1S/C23H24N2O5S/c1-14(2)30-21-16(6-5-7-18(21)29-4)12-19-22(27)25(23(28)31-19)13-20(26)24-17-10-8-15(3)9-11-17/h5-12,14H,13H2,1-4H3,(H,24,26)/b19-12-. The van der Waals surface area contributed by atoms with Crippen molar-refractivity contribution in [2.45, 2.75) is 26.9 Å². The average Bonchev–Trinajstić information content (AvgIpc) is 2.98. The molecule has 1 N–H and O–H groups in total. The average molecular weight is 441 g/mol. The van der Waals surface area contributed by atoms with E-state index >= 15 is 0 Å². The molecule has 3 amide bonds. The maximum Gasteiger partial charge on any atom is 0.294 e. The Balaban J connectivity index is 1.77. The summed E-state index contributed by atoms with van der Waals surface area (Å²) in [4.78, 5) is 38.7. The minimum Gasteiger partial charge on any atom is -0.493 e. The van der Waals surface area contributed by atoms with Crippen molar-refractivity contribution in [3.05, 3.63) is 58.5 Å². The summed E-state index contributed by atoms with van der Waals surface area (Å²) in [6.07, 6.45) is 1.48. The highest BCUT2D eigenvalue weighted by Crippen LogP contribution is 2.37. The van der Waals surface area contributed by atoms with Gasteiger partial charge in [0.05, 0.1) is 18.1 Å². The molecule has 8 heteroatoms. The molecule has 162 valence electrons. The van der Waals surface area contributed by atoms with Gasteiger partial charge in [0, 0.05) is 11.3 Å². The van der Waals surface area contributed by atoms with Crippen LogP contribution in [0.5, 0.6) is 11.5 Å². The number of methoxy groups -OCH3 is 1. The lowest BCUT2D eigenvalue weighted by atomic mass is 10.1. The van der Waals surface area contributed by atoms with Crippen molar-refractivity contribution in [2.24, 2.45) is 0 Å². The van der Waals surface area contributed by atoms with E-state index in [0.29, 0.717) is 22.7 Å². The van der Waals surface area contributed by atoms with Gasteiger partial charge in [0.2, 0.25) is 5.91 Å². The Morgan fingerprint density at radius 3 is 2.52 bits per heavy atom. The molecule has 0 bridgehead atoms. The predicted octanol–water partition coefficient (Wildman–Crippen LogP) is 4.47. The van der Waals surface area contributed by atoms with Crippen LogP contribution in [-0.2, 0) is 9.59 Å². The van der Waals surface area contributed by atoms with E-state index < -0.39 is 17.1 Å². The Labute approximate surface area is 185 Å². The Hall–Kier alpha value is -3.26. The number of imide groups is 1. The van der Waals surface area contributed by atoms with Crippen LogP contribution in [0.1, 0.15) is 25.0 Å². The lowest BCUT2D eigenvalue weighted by Crippen LogP contribution is -2.36. The van der Waals surface area contributed by atoms with Gasteiger partial charge in [-0.25, -0.2) is 0 Å². The number of nitrogens with zero attached hydrogens (tertiary/aromatic N) is 1. The normalized spacial score (nSPS) is 15.0. The van der Waals surface area contributed by atoms with Crippen LogP contribution in [0.2, 0.25) is 0 Å². The highest BCUT2D eigenvalue weighted by molar-refractivity contribution is 8.18. The molecule has 0 spiro atoms. The molecule has 0 aliphatic carbocycles. The number of thioether (sulfide) groups is 1. The van der Waals surface area contributed by atoms with Crippen LogP contribution in [0.4, 0.5) is 10.5 Å². The van der Waals surface area contributed by atoms with Gasteiger partial charge in [0.15, 0.2) is 11.5 Å². The van der Waals surface area contributed by atoms with E-state index in [1.54, 1.807) is 36.4 Å². The first-order valence-corrected chi connectivity index (χ1v) is 10.6. The summed E-state index contributed by atoms with van der Waals surface area (Å²) < 4.78 is 11.2. The number of anilines is 1.